The first-order valence-electron chi connectivity index (χ1n) is 11.8. The maximum atomic E-state index is 13.0. The van der Waals surface area contributed by atoms with Crippen molar-refractivity contribution in [3.8, 4) is 0 Å². The first kappa shape index (κ1) is 20.5. The molecule has 4 atom stereocenters. The van der Waals surface area contributed by atoms with Crippen molar-refractivity contribution in [3.63, 3.8) is 0 Å². The minimum absolute atomic E-state index is 0.150. The van der Waals surface area contributed by atoms with Gasteiger partial charge in [0.1, 0.15) is 0 Å². The molecule has 5 heteroatoms. The molecule has 0 aliphatic carbocycles. The van der Waals surface area contributed by atoms with Gasteiger partial charge < -0.3 is 9.88 Å². The van der Waals surface area contributed by atoms with Gasteiger partial charge in [0.2, 0.25) is 5.91 Å². The van der Waals surface area contributed by atoms with Crippen LogP contribution in [0.2, 0.25) is 0 Å². The van der Waals surface area contributed by atoms with E-state index in [0.29, 0.717) is 30.2 Å². The molecule has 2 bridgehead atoms. The van der Waals surface area contributed by atoms with Crippen LogP contribution in [-0.4, -0.2) is 45.9 Å². The molecular formula is C26H33N3O2. The molecule has 0 unspecified atom stereocenters. The Balaban J connectivity index is 1.42. The molecule has 3 saturated heterocycles. The van der Waals surface area contributed by atoms with Crippen LogP contribution < -0.4 is 5.43 Å². The van der Waals surface area contributed by atoms with Crippen LogP contribution in [0.25, 0.3) is 0 Å². The predicted molar refractivity (Wildman–Crippen MR) is 122 cm³/mol. The third-order valence-electron chi connectivity index (χ3n) is 7.86. The third kappa shape index (κ3) is 3.84. The van der Waals surface area contributed by atoms with Gasteiger partial charge in [-0.3, -0.25) is 14.5 Å². The van der Waals surface area contributed by atoms with Crippen LogP contribution in [0, 0.1) is 25.7 Å². The smallest absolute Gasteiger partial charge is 0.223 e. The molecule has 5 rings (SSSR count). The van der Waals surface area contributed by atoms with E-state index in [9.17, 15) is 9.59 Å². The molecular weight excluding hydrogens is 386 g/mol. The average molecular weight is 420 g/mol. The molecule has 5 nitrogen and oxygen atoms in total. The number of pyridine rings is 1. The van der Waals surface area contributed by atoms with Crippen molar-refractivity contribution in [2.75, 3.05) is 13.1 Å². The minimum Gasteiger partial charge on any atom is -0.363 e. The zero-order valence-corrected chi connectivity index (χ0v) is 18.6. The average Bonchev–Trinajstić information content (AvgIpc) is 2.78. The summed E-state index contributed by atoms with van der Waals surface area (Å²) in [6.45, 7) is 6.58. The van der Waals surface area contributed by atoms with Gasteiger partial charge >= 0.3 is 0 Å². The highest BCUT2D eigenvalue weighted by Crippen LogP contribution is 2.42. The van der Waals surface area contributed by atoms with E-state index >= 15 is 0 Å². The minimum atomic E-state index is 0.150. The van der Waals surface area contributed by atoms with Gasteiger partial charge in [-0.15, -0.1) is 0 Å². The number of carbonyl (C=O) groups is 1. The number of H-pyrrole nitrogens is 1. The van der Waals surface area contributed by atoms with E-state index in [0.717, 1.165) is 55.7 Å². The zero-order chi connectivity index (χ0) is 21.5. The van der Waals surface area contributed by atoms with E-state index in [2.05, 4.69) is 45.1 Å². The van der Waals surface area contributed by atoms with Crippen LogP contribution in [0.15, 0.2) is 41.3 Å². The van der Waals surface area contributed by atoms with Crippen molar-refractivity contribution in [3.05, 3.63) is 69.1 Å². The fourth-order valence-electron chi connectivity index (χ4n) is 6.31. The second kappa shape index (κ2) is 8.27. The number of carbonyl (C=O) groups excluding carboxylic acids is 1. The normalized spacial score (nSPS) is 28.5. The summed E-state index contributed by atoms with van der Waals surface area (Å²) in [4.78, 5) is 33.6. The molecule has 31 heavy (non-hydrogen) atoms. The second-order valence-electron chi connectivity index (χ2n) is 9.87. The summed E-state index contributed by atoms with van der Waals surface area (Å²) in [7, 11) is 0. The summed E-state index contributed by atoms with van der Waals surface area (Å²) in [5.74, 6) is 1.38. The van der Waals surface area contributed by atoms with E-state index in [1.165, 1.54) is 12.0 Å². The van der Waals surface area contributed by atoms with E-state index in [-0.39, 0.29) is 11.5 Å². The van der Waals surface area contributed by atoms with Crippen LogP contribution in [0.5, 0.6) is 0 Å². The third-order valence-corrected chi connectivity index (χ3v) is 7.86. The van der Waals surface area contributed by atoms with Crippen LogP contribution in [0.3, 0.4) is 0 Å². The first-order valence-corrected chi connectivity index (χ1v) is 11.8. The molecule has 164 valence electrons. The molecule has 1 aromatic heterocycles. The number of hydrogen-bond acceptors (Lipinski definition) is 3. The van der Waals surface area contributed by atoms with Crippen molar-refractivity contribution < 1.29 is 4.79 Å². The lowest BCUT2D eigenvalue weighted by Gasteiger charge is -2.57. The van der Waals surface area contributed by atoms with Crippen LogP contribution in [-0.2, 0) is 17.8 Å². The van der Waals surface area contributed by atoms with Gasteiger partial charge in [-0.1, -0.05) is 30.3 Å². The summed E-state index contributed by atoms with van der Waals surface area (Å²) in [5.41, 5.74) is 4.12. The van der Waals surface area contributed by atoms with Crippen molar-refractivity contribution in [1.29, 1.82) is 0 Å². The fraction of sp³-hybridized carbons (Fsp3) is 0.538. The van der Waals surface area contributed by atoms with Crippen molar-refractivity contribution in [1.82, 2.24) is 14.8 Å². The standard InChI is InChI=1S/C26H33N3O2/c1-17-13-27-22(18(2)26(17)31)16-28-14-20-12-21(15-28)24(11-19-7-4-3-5-8-19)29-23(20)9-6-10-25(29)30/h3-5,7-8,13,20-21,23-24H,6,9-12,14-16H2,1-2H3,(H,27,31)/t20-,21+,23+,24+/m1/s1. The predicted octanol–water partition coefficient (Wildman–Crippen LogP) is 3.44. The molecule has 1 N–H and O–H groups in total. The summed E-state index contributed by atoms with van der Waals surface area (Å²) in [6.07, 6.45) is 6.84. The van der Waals surface area contributed by atoms with Gasteiger partial charge in [0, 0.05) is 61.2 Å². The Labute approximate surface area is 184 Å². The Morgan fingerprint density at radius 3 is 2.65 bits per heavy atom. The Hall–Kier alpha value is -2.40. The monoisotopic (exact) mass is 419 g/mol. The molecule has 0 spiro atoms. The van der Waals surface area contributed by atoms with Gasteiger partial charge in [0.15, 0.2) is 5.43 Å². The van der Waals surface area contributed by atoms with Crippen LogP contribution in [0.1, 0.15) is 48.1 Å². The van der Waals surface area contributed by atoms with Crippen molar-refractivity contribution in [2.24, 2.45) is 11.8 Å². The lowest BCUT2D eigenvalue weighted by molar-refractivity contribution is -0.152. The highest BCUT2D eigenvalue weighted by molar-refractivity contribution is 5.78. The van der Waals surface area contributed by atoms with Gasteiger partial charge in [0.25, 0.3) is 0 Å². The Morgan fingerprint density at radius 2 is 1.84 bits per heavy atom. The molecule has 1 amide bonds. The van der Waals surface area contributed by atoms with E-state index in [4.69, 9.17) is 0 Å². The molecule has 3 aliphatic heterocycles. The van der Waals surface area contributed by atoms with E-state index < -0.39 is 0 Å². The number of likely N-dealkylation sites (tertiary alicyclic amines) is 1. The molecule has 0 radical (unpaired) electrons. The molecule has 1 aromatic carbocycles. The number of benzene rings is 1. The molecule has 0 saturated carbocycles. The van der Waals surface area contributed by atoms with Gasteiger partial charge in [-0.05, 0) is 56.9 Å². The quantitative estimate of drug-likeness (QED) is 0.826. The van der Waals surface area contributed by atoms with Gasteiger partial charge in [-0.2, -0.15) is 0 Å². The van der Waals surface area contributed by atoms with Crippen LogP contribution >= 0.6 is 0 Å². The van der Waals surface area contributed by atoms with E-state index in [1.807, 2.05) is 20.0 Å². The number of nitrogens with one attached hydrogen (secondary N) is 1. The zero-order valence-electron chi connectivity index (χ0n) is 18.6. The number of amides is 1. The number of hydrogen-bond donors (Lipinski definition) is 1. The summed E-state index contributed by atoms with van der Waals surface area (Å²) in [5, 5.41) is 0. The van der Waals surface area contributed by atoms with Crippen molar-refractivity contribution in [2.45, 2.75) is 64.6 Å². The number of aromatic nitrogens is 1. The van der Waals surface area contributed by atoms with Crippen LogP contribution in [0.4, 0.5) is 0 Å². The second-order valence-corrected chi connectivity index (χ2v) is 9.87. The number of nitrogens with zero attached hydrogens (tertiary/aromatic N) is 2. The molecule has 3 fully saturated rings. The number of aryl methyl sites for hydroxylation is 1. The number of rotatable bonds is 4. The van der Waals surface area contributed by atoms with E-state index in [1.54, 1.807) is 0 Å². The van der Waals surface area contributed by atoms with Gasteiger partial charge in [0.05, 0.1) is 0 Å². The molecule has 2 aromatic rings. The number of fused-ring (bicyclic) bond motifs is 4. The lowest BCUT2D eigenvalue weighted by Crippen LogP contribution is -2.65. The Bertz CT molecular complexity index is 1020. The lowest BCUT2D eigenvalue weighted by atomic mass is 9.70. The SMILES string of the molecule is Cc1c[nH]c(CN2C[C@H]3C[C@@H](C2)[C@H](Cc2ccccc2)N2C(=O)CCC[C@@H]32)c(C)c1=O. The first-order chi connectivity index (χ1) is 15.0. The Morgan fingerprint density at radius 1 is 1.06 bits per heavy atom. The largest absolute Gasteiger partial charge is 0.363 e. The number of piperidine rings is 3. The summed E-state index contributed by atoms with van der Waals surface area (Å²) in [6, 6.07) is 11.3. The fourth-order valence-corrected chi connectivity index (χ4v) is 6.31. The summed E-state index contributed by atoms with van der Waals surface area (Å²) >= 11 is 0. The topological polar surface area (TPSA) is 56.4 Å². The maximum Gasteiger partial charge on any atom is 0.223 e. The Kier molecular flexibility index (Phi) is 5.47. The maximum absolute atomic E-state index is 13.0. The molecule has 4 heterocycles. The van der Waals surface area contributed by atoms with Gasteiger partial charge in [-0.25, -0.2) is 0 Å². The highest BCUT2D eigenvalue weighted by atomic mass is 16.2. The van der Waals surface area contributed by atoms with Crippen molar-refractivity contribution >= 4 is 5.91 Å². The highest BCUT2D eigenvalue weighted by Gasteiger charge is 2.49. The summed E-state index contributed by atoms with van der Waals surface area (Å²) < 4.78 is 0. The number of aromatic amines is 1. The molecule has 3 aliphatic rings.